The summed E-state index contributed by atoms with van der Waals surface area (Å²) in [6.07, 6.45) is 2.07. The summed E-state index contributed by atoms with van der Waals surface area (Å²) in [6.45, 7) is 2.01. The third kappa shape index (κ3) is 3.87. The lowest BCUT2D eigenvalue weighted by Crippen LogP contribution is -2.35. The average Bonchev–Trinajstić information content (AvgIpc) is 2.61. The fraction of sp³-hybridized carbons (Fsp3) is 0.333. The summed E-state index contributed by atoms with van der Waals surface area (Å²) >= 11 is 0. The van der Waals surface area contributed by atoms with Gasteiger partial charge in [-0.25, -0.2) is 0 Å². The summed E-state index contributed by atoms with van der Waals surface area (Å²) in [7, 11) is 0. The molecule has 1 aliphatic heterocycles. The average molecular weight is 312 g/mol. The third-order valence-corrected chi connectivity index (χ3v) is 4.04. The number of pyridine rings is 1. The molecular weight excluding hydrogens is 292 g/mol. The maximum Gasteiger partial charge on any atom is 0.261 e. The van der Waals surface area contributed by atoms with E-state index in [0.29, 0.717) is 24.8 Å². The largest absolute Gasteiger partial charge is 0.381 e. The molecule has 5 nitrogen and oxygen atoms in total. The van der Waals surface area contributed by atoms with Crippen molar-refractivity contribution >= 4 is 5.91 Å². The second-order valence-electron chi connectivity index (χ2n) is 5.77. The molecule has 0 radical (unpaired) electrons. The van der Waals surface area contributed by atoms with Gasteiger partial charge in [-0.2, -0.15) is 0 Å². The van der Waals surface area contributed by atoms with Crippen LogP contribution in [0.2, 0.25) is 0 Å². The molecule has 0 saturated carbocycles. The molecule has 0 spiro atoms. The van der Waals surface area contributed by atoms with E-state index < -0.39 is 0 Å². The number of carbonyl (C=O) groups is 1. The van der Waals surface area contributed by atoms with Crippen LogP contribution in [0.3, 0.4) is 0 Å². The Hall–Kier alpha value is -2.40. The van der Waals surface area contributed by atoms with Gasteiger partial charge < -0.3 is 15.0 Å². The van der Waals surface area contributed by atoms with Gasteiger partial charge in [0.1, 0.15) is 5.56 Å². The Morgan fingerprint density at radius 1 is 1.22 bits per heavy atom. The zero-order valence-corrected chi connectivity index (χ0v) is 12.9. The zero-order valence-electron chi connectivity index (χ0n) is 12.9. The van der Waals surface area contributed by atoms with Gasteiger partial charge in [-0.15, -0.1) is 0 Å². The van der Waals surface area contributed by atoms with Crippen LogP contribution < -0.4 is 10.9 Å². The van der Waals surface area contributed by atoms with Crippen LogP contribution in [0.15, 0.2) is 47.3 Å². The Labute approximate surface area is 134 Å². The topological polar surface area (TPSA) is 71.2 Å². The number of benzene rings is 1. The minimum Gasteiger partial charge on any atom is -0.381 e. The number of hydrogen-bond acceptors (Lipinski definition) is 3. The second-order valence-corrected chi connectivity index (χ2v) is 5.77. The second kappa shape index (κ2) is 7.24. The number of hydrogen-bond donors (Lipinski definition) is 2. The third-order valence-electron chi connectivity index (χ3n) is 4.04. The van der Waals surface area contributed by atoms with E-state index in [1.807, 2.05) is 30.3 Å². The molecule has 0 unspecified atom stereocenters. The smallest absolute Gasteiger partial charge is 0.261 e. The predicted molar refractivity (Wildman–Crippen MR) is 88.4 cm³/mol. The van der Waals surface area contributed by atoms with Gasteiger partial charge in [0.25, 0.3) is 11.5 Å². The van der Waals surface area contributed by atoms with Crippen LogP contribution >= 0.6 is 0 Å². The monoisotopic (exact) mass is 312 g/mol. The minimum atomic E-state index is -0.372. The van der Waals surface area contributed by atoms with Gasteiger partial charge in [-0.05, 0) is 36.5 Å². The first-order valence-electron chi connectivity index (χ1n) is 7.89. The standard InChI is InChI=1S/C18H20N2O3/c21-17(19-11-13-5-4-10-23-12-13)15-8-9-16(20-18(15)22)14-6-2-1-3-7-14/h1-3,6-9,13H,4-5,10-12H2,(H,19,21)(H,20,22)/t13-/m1/s1. The van der Waals surface area contributed by atoms with Crippen LogP contribution in [0.5, 0.6) is 0 Å². The molecule has 1 fully saturated rings. The fourth-order valence-corrected chi connectivity index (χ4v) is 2.74. The molecule has 1 aromatic heterocycles. The van der Waals surface area contributed by atoms with Crippen LogP contribution in [-0.4, -0.2) is 30.6 Å². The molecule has 0 bridgehead atoms. The van der Waals surface area contributed by atoms with Crippen molar-refractivity contribution in [1.82, 2.24) is 10.3 Å². The lowest BCUT2D eigenvalue weighted by atomic mass is 10.0. The minimum absolute atomic E-state index is 0.140. The summed E-state index contributed by atoms with van der Waals surface area (Å²) in [5, 5.41) is 2.83. The molecule has 2 heterocycles. The lowest BCUT2D eigenvalue weighted by molar-refractivity contribution is 0.0536. The highest BCUT2D eigenvalue weighted by molar-refractivity contribution is 5.94. The Morgan fingerprint density at radius 2 is 2.04 bits per heavy atom. The molecule has 1 saturated heterocycles. The van der Waals surface area contributed by atoms with E-state index in [-0.39, 0.29) is 17.0 Å². The van der Waals surface area contributed by atoms with Crippen molar-refractivity contribution in [3.63, 3.8) is 0 Å². The first-order chi connectivity index (χ1) is 11.2. The summed E-state index contributed by atoms with van der Waals surface area (Å²) < 4.78 is 5.39. The van der Waals surface area contributed by atoms with Crippen LogP contribution in [0.1, 0.15) is 23.2 Å². The van der Waals surface area contributed by atoms with Crippen molar-refractivity contribution in [3.8, 4) is 11.3 Å². The number of ether oxygens (including phenoxy) is 1. The Balaban J connectivity index is 1.68. The van der Waals surface area contributed by atoms with Crippen molar-refractivity contribution < 1.29 is 9.53 Å². The molecule has 1 amide bonds. The zero-order chi connectivity index (χ0) is 16.1. The van der Waals surface area contributed by atoms with Crippen LogP contribution in [-0.2, 0) is 4.74 Å². The molecule has 2 N–H and O–H groups in total. The van der Waals surface area contributed by atoms with Crippen molar-refractivity contribution in [3.05, 3.63) is 58.4 Å². The van der Waals surface area contributed by atoms with Gasteiger partial charge in [-0.1, -0.05) is 30.3 Å². The SMILES string of the molecule is O=C(NC[C@H]1CCCOC1)c1ccc(-c2ccccc2)[nH]c1=O. The van der Waals surface area contributed by atoms with Crippen molar-refractivity contribution in [2.45, 2.75) is 12.8 Å². The predicted octanol–water partition coefficient (Wildman–Crippen LogP) is 2.20. The Kier molecular flexibility index (Phi) is 4.88. The first kappa shape index (κ1) is 15.5. The summed E-state index contributed by atoms with van der Waals surface area (Å²) in [5.74, 6) is -0.00758. The molecule has 1 aliphatic rings. The molecule has 2 aromatic rings. The molecular formula is C18H20N2O3. The van der Waals surface area contributed by atoms with E-state index in [4.69, 9.17) is 4.74 Å². The van der Waals surface area contributed by atoms with Gasteiger partial charge in [-0.3, -0.25) is 9.59 Å². The van der Waals surface area contributed by atoms with E-state index in [1.165, 1.54) is 0 Å². The number of nitrogens with one attached hydrogen (secondary N) is 2. The normalized spacial score (nSPS) is 17.7. The quantitative estimate of drug-likeness (QED) is 0.909. The van der Waals surface area contributed by atoms with E-state index in [0.717, 1.165) is 25.0 Å². The Morgan fingerprint density at radius 3 is 2.74 bits per heavy atom. The lowest BCUT2D eigenvalue weighted by Gasteiger charge is -2.22. The summed E-state index contributed by atoms with van der Waals surface area (Å²) in [4.78, 5) is 27.1. The highest BCUT2D eigenvalue weighted by Gasteiger charge is 2.17. The number of H-pyrrole nitrogens is 1. The molecule has 5 heteroatoms. The number of amides is 1. The van der Waals surface area contributed by atoms with Crippen LogP contribution in [0.4, 0.5) is 0 Å². The highest BCUT2D eigenvalue weighted by Crippen LogP contribution is 2.15. The molecule has 120 valence electrons. The van der Waals surface area contributed by atoms with Crippen LogP contribution in [0.25, 0.3) is 11.3 Å². The van der Waals surface area contributed by atoms with Gasteiger partial charge in [0.2, 0.25) is 0 Å². The van der Waals surface area contributed by atoms with Crippen molar-refractivity contribution in [2.24, 2.45) is 5.92 Å². The number of aromatic amines is 1. The maximum atomic E-state index is 12.2. The van der Waals surface area contributed by atoms with Gasteiger partial charge in [0.15, 0.2) is 0 Å². The van der Waals surface area contributed by atoms with E-state index in [9.17, 15) is 9.59 Å². The van der Waals surface area contributed by atoms with Crippen molar-refractivity contribution in [2.75, 3.05) is 19.8 Å². The fourth-order valence-electron chi connectivity index (χ4n) is 2.74. The molecule has 0 aliphatic carbocycles. The highest BCUT2D eigenvalue weighted by atomic mass is 16.5. The molecule has 3 rings (SSSR count). The van der Waals surface area contributed by atoms with E-state index in [2.05, 4.69) is 10.3 Å². The number of rotatable bonds is 4. The maximum absolute atomic E-state index is 12.2. The van der Waals surface area contributed by atoms with Crippen molar-refractivity contribution in [1.29, 1.82) is 0 Å². The molecule has 23 heavy (non-hydrogen) atoms. The van der Waals surface area contributed by atoms with E-state index >= 15 is 0 Å². The Bertz CT molecular complexity index is 719. The number of carbonyl (C=O) groups excluding carboxylic acids is 1. The van der Waals surface area contributed by atoms with Crippen LogP contribution in [0, 0.1) is 5.92 Å². The van der Waals surface area contributed by atoms with Gasteiger partial charge in [0.05, 0.1) is 6.61 Å². The summed E-state index contributed by atoms with van der Waals surface area (Å²) in [5.41, 5.74) is 1.38. The molecule has 1 aromatic carbocycles. The summed E-state index contributed by atoms with van der Waals surface area (Å²) in [6, 6.07) is 12.9. The van der Waals surface area contributed by atoms with Gasteiger partial charge >= 0.3 is 0 Å². The number of aromatic nitrogens is 1. The molecule has 1 atom stereocenters. The van der Waals surface area contributed by atoms with E-state index in [1.54, 1.807) is 12.1 Å². The first-order valence-corrected chi connectivity index (χ1v) is 7.89. The van der Waals surface area contributed by atoms with Gasteiger partial charge in [0, 0.05) is 18.8 Å².